The molecule has 0 amide bonds. The van der Waals surface area contributed by atoms with Crippen LogP contribution in [-0.4, -0.2) is 29.8 Å². The molecule has 1 N–H and O–H groups in total. The molecule has 0 heterocycles. The summed E-state index contributed by atoms with van der Waals surface area (Å²) in [4.78, 5) is 21.7. The minimum absolute atomic E-state index is 0.367. The summed E-state index contributed by atoms with van der Waals surface area (Å²) < 4.78 is 39.2. The van der Waals surface area contributed by atoms with E-state index in [9.17, 15) is 22.8 Å². The van der Waals surface area contributed by atoms with Crippen LogP contribution in [0, 0.1) is 17.3 Å². The van der Waals surface area contributed by atoms with Gasteiger partial charge >= 0.3 is 18.1 Å². The lowest BCUT2D eigenvalue weighted by Crippen LogP contribution is -2.19. The van der Waals surface area contributed by atoms with E-state index in [4.69, 9.17) is 5.11 Å². The third-order valence-electron chi connectivity index (χ3n) is 2.99. The molecule has 0 radical (unpaired) electrons. The Labute approximate surface area is 101 Å². The van der Waals surface area contributed by atoms with Crippen LogP contribution in [0.15, 0.2) is 12.2 Å². The zero-order valence-electron chi connectivity index (χ0n) is 9.82. The number of rotatable bonds is 4. The maximum absolute atomic E-state index is 11.7. The Kier molecular flexibility index (Phi) is 3.73. The predicted octanol–water partition coefficient (Wildman–Crippen LogP) is 2.00. The standard InChI is InChI=1S/C11H13F3O4/c1-10(2)6(8(10)9(16)17)3-4-7(15)18-5-11(12,13)14/h3-4,6,8H,5H2,1-2H3,(H,16,17)/b4-3-. The number of allylic oxidation sites excluding steroid dienone is 1. The Bertz CT molecular complexity index is 384. The van der Waals surface area contributed by atoms with Crippen molar-refractivity contribution in [2.45, 2.75) is 20.0 Å². The average molecular weight is 266 g/mol. The molecule has 0 spiro atoms. The Balaban J connectivity index is 2.47. The normalized spacial score (nSPS) is 26.1. The zero-order chi connectivity index (χ0) is 14.1. The van der Waals surface area contributed by atoms with Crippen LogP contribution in [-0.2, 0) is 14.3 Å². The van der Waals surface area contributed by atoms with E-state index < -0.39 is 36.1 Å². The molecule has 2 atom stereocenters. The summed E-state index contributed by atoms with van der Waals surface area (Å²) in [7, 11) is 0. The van der Waals surface area contributed by atoms with E-state index in [2.05, 4.69) is 4.74 Å². The maximum atomic E-state index is 11.7. The van der Waals surface area contributed by atoms with Crippen molar-refractivity contribution < 1.29 is 32.6 Å². The van der Waals surface area contributed by atoms with Crippen molar-refractivity contribution in [3.05, 3.63) is 12.2 Å². The lowest BCUT2D eigenvalue weighted by molar-refractivity contribution is -0.182. The SMILES string of the molecule is CC1(C)C(/C=C\C(=O)OCC(F)(F)F)C1C(=O)O. The van der Waals surface area contributed by atoms with Gasteiger partial charge in [-0.05, 0) is 11.3 Å². The maximum Gasteiger partial charge on any atom is 0.422 e. The van der Waals surface area contributed by atoms with E-state index in [1.165, 1.54) is 6.08 Å². The van der Waals surface area contributed by atoms with E-state index in [1.54, 1.807) is 13.8 Å². The van der Waals surface area contributed by atoms with Gasteiger partial charge in [0.25, 0.3) is 0 Å². The summed E-state index contributed by atoms with van der Waals surface area (Å²) in [5, 5.41) is 8.84. The van der Waals surface area contributed by atoms with Crippen LogP contribution in [0.5, 0.6) is 0 Å². The number of carboxylic acid groups (broad SMARTS) is 1. The second-order valence-corrected chi connectivity index (χ2v) is 4.75. The fourth-order valence-electron chi connectivity index (χ4n) is 1.89. The van der Waals surface area contributed by atoms with Gasteiger partial charge in [0.1, 0.15) is 0 Å². The smallest absolute Gasteiger partial charge is 0.422 e. The number of alkyl halides is 3. The summed E-state index contributed by atoms with van der Waals surface area (Å²) in [6, 6.07) is 0. The van der Waals surface area contributed by atoms with Crippen molar-refractivity contribution in [2.24, 2.45) is 17.3 Å². The summed E-state index contributed by atoms with van der Waals surface area (Å²) in [6.45, 7) is 1.77. The van der Waals surface area contributed by atoms with Gasteiger partial charge in [0, 0.05) is 6.08 Å². The molecular formula is C11H13F3O4. The number of carbonyl (C=O) groups excluding carboxylic acids is 1. The van der Waals surface area contributed by atoms with Crippen LogP contribution < -0.4 is 0 Å². The fourth-order valence-corrected chi connectivity index (χ4v) is 1.89. The van der Waals surface area contributed by atoms with E-state index in [1.807, 2.05) is 0 Å². The van der Waals surface area contributed by atoms with E-state index in [0.717, 1.165) is 6.08 Å². The molecule has 1 saturated carbocycles. The molecule has 7 heteroatoms. The van der Waals surface area contributed by atoms with E-state index in [0.29, 0.717) is 0 Å². The fraction of sp³-hybridized carbons (Fsp3) is 0.636. The molecule has 2 unspecified atom stereocenters. The molecule has 1 aliphatic carbocycles. The summed E-state index contributed by atoms with van der Waals surface area (Å²) in [6.07, 6.45) is -2.43. The van der Waals surface area contributed by atoms with Gasteiger partial charge in [-0.15, -0.1) is 0 Å². The summed E-state index contributed by atoms with van der Waals surface area (Å²) >= 11 is 0. The van der Waals surface area contributed by atoms with Crippen LogP contribution in [0.3, 0.4) is 0 Å². The van der Waals surface area contributed by atoms with Crippen LogP contribution in [0.25, 0.3) is 0 Å². The first-order valence-corrected chi connectivity index (χ1v) is 5.20. The minimum atomic E-state index is -4.56. The number of carbonyl (C=O) groups is 2. The third-order valence-corrected chi connectivity index (χ3v) is 2.99. The lowest BCUT2D eigenvalue weighted by atomic mass is 10.1. The van der Waals surface area contributed by atoms with E-state index >= 15 is 0 Å². The molecule has 0 aromatic heterocycles. The molecule has 1 rings (SSSR count). The minimum Gasteiger partial charge on any atom is -0.481 e. The molecule has 0 aromatic rings. The van der Waals surface area contributed by atoms with E-state index in [-0.39, 0.29) is 5.92 Å². The summed E-state index contributed by atoms with van der Waals surface area (Å²) in [5.74, 6) is -3.10. The van der Waals surface area contributed by atoms with Gasteiger partial charge in [-0.2, -0.15) is 13.2 Å². The number of hydrogen-bond acceptors (Lipinski definition) is 3. The number of esters is 1. The number of ether oxygens (including phenoxy) is 1. The molecule has 18 heavy (non-hydrogen) atoms. The Morgan fingerprint density at radius 1 is 1.39 bits per heavy atom. The molecule has 102 valence electrons. The second kappa shape index (κ2) is 4.62. The Morgan fingerprint density at radius 3 is 2.33 bits per heavy atom. The Hall–Kier alpha value is -1.53. The molecule has 1 fully saturated rings. The Morgan fingerprint density at radius 2 is 1.94 bits per heavy atom. The zero-order valence-corrected chi connectivity index (χ0v) is 9.82. The number of halogens is 3. The van der Waals surface area contributed by atoms with Crippen molar-refractivity contribution in [1.82, 2.24) is 0 Å². The molecular weight excluding hydrogens is 253 g/mol. The van der Waals surface area contributed by atoms with Crippen LogP contribution in [0.1, 0.15) is 13.8 Å². The first-order chi connectivity index (χ1) is 8.05. The van der Waals surface area contributed by atoms with Crippen molar-refractivity contribution in [3.8, 4) is 0 Å². The topological polar surface area (TPSA) is 63.6 Å². The van der Waals surface area contributed by atoms with Crippen molar-refractivity contribution in [2.75, 3.05) is 6.61 Å². The largest absolute Gasteiger partial charge is 0.481 e. The second-order valence-electron chi connectivity index (χ2n) is 4.75. The van der Waals surface area contributed by atoms with Gasteiger partial charge in [0.2, 0.25) is 0 Å². The van der Waals surface area contributed by atoms with Crippen molar-refractivity contribution in [3.63, 3.8) is 0 Å². The monoisotopic (exact) mass is 266 g/mol. The van der Waals surface area contributed by atoms with Gasteiger partial charge in [0.15, 0.2) is 6.61 Å². The van der Waals surface area contributed by atoms with Gasteiger partial charge < -0.3 is 9.84 Å². The highest BCUT2D eigenvalue weighted by Gasteiger charge is 2.60. The molecule has 0 saturated heterocycles. The molecule has 0 bridgehead atoms. The quantitative estimate of drug-likeness (QED) is 0.624. The van der Waals surface area contributed by atoms with Crippen LogP contribution in [0.4, 0.5) is 13.2 Å². The average Bonchev–Trinajstić information content (AvgIpc) is 2.73. The number of hydrogen-bond donors (Lipinski definition) is 1. The molecule has 0 aliphatic heterocycles. The highest BCUT2D eigenvalue weighted by Crippen LogP contribution is 2.58. The van der Waals surface area contributed by atoms with Crippen LogP contribution >= 0.6 is 0 Å². The lowest BCUT2D eigenvalue weighted by Gasteiger charge is -2.05. The van der Waals surface area contributed by atoms with Crippen molar-refractivity contribution in [1.29, 1.82) is 0 Å². The van der Waals surface area contributed by atoms with Gasteiger partial charge in [-0.3, -0.25) is 4.79 Å². The van der Waals surface area contributed by atoms with Gasteiger partial charge in [0.05, 0.1) is 5.92 Å². The third kappa shape index (κ3) is 3.48. The molecule has 1 aliphatic rings. The number of carboxylic acids is 1. The number of aliphatic carboxylic acids is 1. The first kappa shape index (κ1) is 14.5. The first-order valence-electron chi connectivity index (χ1n) is 5.20. The van der Waals surface area contributed by atoms with Gasteiger partial charge in [-0.25, -0.2) is 4.79 Å². The molecule has 0 aromatic carbocycles. The highest BCUT2D eigenvalue weighted by molar-refractivity contribution is 5.83. The highest BCUT2D eigenvalue weighted by atomic mass is 19.4. The van der Waals surface area contributed by atoms with Crippen molar-refractivity contribution >= 4 is 11.9 Å². The predicted molar refractivity (Wildman–Crippen MR) is 54.6 cm³/mol. The summed E-state index contributed by atoms with van der Waals surface area (Å²) in [5.41, 5.74) is -0.493. The van der Waals surface area contributed by atoms with Gasteiger partial charge in [-0.1, -0.05) is 19.9 Å². The molecule has 4 nitrogen and oxygen atoms in total. The van der Waals surface area contributed by atoms with Crippen LogP contribution in [0.2, 0.25) is 0 Å².